The molecule has 0 aliphatic heterocycles. The lowest BCUT2D eigenvalue weighted by molar-refractivity contribution is -0.125. The minimum Gasteiger partial charge on any atom is -0.375 e. The standard InChI is InChI=1S/C11H22N2O3/c1-9(2)11(15)13-7-5-4-6-12-10(14)8-16-3/h9H,4-8H2,1-3H3,(H,12,14)(H,13,15). The van der Waals surface area contributed by atoms with E-state index in [0.29, 0.717) is 13.1 Å². The van der Waals surface area contributed by atoms with Crippen molar-refractivity contribution in [3.8, 4) is 0 Å². The number of methoxy groups -OCH3 is 1. The third-order valence-corrected chi connectivity index (χ3v) is 2.02. The van der Waals surface area contributed by atoms with E-state index in [0.717, 1.165) is 12.8 Å². The Hall–Kier alpha value is -1.10. The zero-order chi connectivity index (χ0) is 12.4. The first kappa shape index (κ1) is 14.9. The maximum absolute atomic E-state index is 11.2. The van der Waals surface area contributed by atoms with Crippen LogP contribution in [0, 0.1) is 5.92 Å². The zero-order valence-electron chi connectivity index (χ0n) is 10.3. The third kappa shape index (κ3) is 8.23. The van der Waals surface area contributed by atoms with Gasteiger partial charge < -0.3 is 15.4 Å². The Bertz CT molecular complexity index is 217. The summed E-state index contributed by atoms with van der Waals surface area (Å²) in [5.41, 5.74) is 0. The van der Waals surface area contributed by atoms with Gasteiger partial charge in [0.1, 0.15) is 6.61 Å². The summed E-state index contributed by atoms with van der Waals surface area (Å²) in [5, 5.41) is 5.54. The molecule has 0 unspecified atom stereocenters. The molecule has 0 heterocycles. The monoisotopic (exact) mass is 230 g/mol. The van der Waals surface area contributed by atoms with E-state index in [2.05, 4.69) is 15.4 Å². The molecule has 0 aromatic rings. The topological polar surface area (TPSA) is 67.4 Å². The van der Waals surface area contributed by atoms with Crippen molar-refractivity contribution in [3.63, 3.8) is 0 Å². The third-order valence-electron chi connectivity index (χ3n) is 2.02. The quantitative estimate of drug-likeness (QED) is 0.589. The Balaban J connectivity index is 3.28. The van der Waals surface area contributed by atoms with Crippen LogP contribution in [0.5, 0.6) is 0 Å². The van der Waals surface area contributed by atoms with Gasteiger partial charge >= 0.3 is 0 Å². The average molecular weight is 230 g/mol. The Morgan fingerprint density at radius 2 is 1.69 bits per heavy atom. The molecule has 2 N–H and O–H groups in total. The van der Waals surface area contributed by atoms with Crippen LogP contribution in [0.4, 0.5) is 0 Å². The fraction of sp³-hybridized carbons (Fsp3) is 0.818. The molecule has 0 bridgehead atoms. The van der Waals surface area contributed by atoms with Gasteiger partial charge in [-0.2, -0.15) is 0 Å². The number of rotatable bonds is 8. The first-order valence-corrected chi connectivity index (χ1v) is 5.61. The number of hydrogen-bond acceptors (Lipinski definition) is 3. The highest BCUT2D eigenvalue weighted by molar-refractivity contribution is 5.77. The van der Waals surface area contributed by atoms with Gasteiger partial charge in [0.15, 0.2) is 0 Å². The Morgan fingerprint density at radius 3 is 2.19 bits per heavy atom. The number of amides is 2. The molecule has 0 aromatic carbocycles. The molecule has 0 atom stereocenters. The minimum atomic E-state index is -0.103. The van der Waals surface area contributed by atoms with Gasteiger partial charge in [0.25, 0.3) is 0 Å². The summed E-state index contributed by atoms with van der Waals surface area (Å²) >= 11 is 0. The van der Waals surface area contributed by atoms with Crippen molar-refractivity contribution < 1.29 is 14.3 Å². The molecule has 0 aromatic heterocycles. The molecule has 0 fully saturated rings. The normalized spacial score (nSPS) is 10.2. The van der Waals surface area contributed by atoms with E-state index in [-0.39, 0.29) is 24.3 Å². The Kier molecular flexibility index (Phi) is 8.52. The zero-order valence-corrected chi connectivity index (χ0v) is 10.3. The van der Waals surface area contributed by atoms with Gasteiger partial charge in [-0.15, -0.1) is 0 Å². The van der Waals surface area contributed by atoms with Crippen LogP contribution < -0.4 is 10.6 Å². The maximum atomic E-state index is 11.2. The van der Waals surface area contributed by atoms with E-state index in [1.807, 2.05) is 13.8 Å². The fourth-order valence-corrected chi connectivity index (χ4v) is 1.08. The molecular formula is C11H22N2O3. The lowest BCUT2D eigenvalue weighted by atomic mass is 10.2. The van der Waals surface area contributed by atoms with Gasteiger partial charge in [-0.1, -0.05) is 13.8 Å². The molecule has 0 rings (SSSR count). The maximum Gasteiger partial charge on any atom is 0.245 e. The van der Waals surface area contributed by atoms with Crippen LogP contribution >= 0.6 is 0 Å². The molecule has 0 saturated heterocycles. The lowest BCUT2D eigenvalue weighted by Gasteiger charge is -2.07. The van der Waals surface area contributed by atoms with E-state index in [9.17, 15) is 9.59 Å². The number of nitrogens with one attached hydrogen (secondary N) is 2. The second-order valence-corrected chi connectivity index (χ2v) is 3.94. The SMILES string of the molecule is COCC(=O)NCCCCNC(=O)C(C)C. The second-order valence-electron chi connectivity index (χ2n) is 3.94. The van der Waals surface area contributed by atoms with E-state index in [1.54, 1.807) is 0 Å². The summed E-state index contributed by atoms with van der Waals surface area (Å²) < 4.78 is 4.67. The van der Waals surface area contributed by atoms with Gasteiger partial charge in [-0.3, -0.25) is 9.59 Å². The van der Waals surface area contributed by atoms with Crippen molar-refractivity contribution >= 4 is 11.8 Å². The van der Waals surface area contributed by atoms with E-state index < -0.39 is 0 Å². The van der Waals surface area contributed by atoms with Gasteiger partial charge in [-0.25, -0.2) is 0 Å². The summed E-state index contributed by atoms with van der Waals surface area (Å²) in [6, 6.07) is 0. The highest BCUT2D eigenvalue weighted by Gasteiger charge is 2.04. The summed E-state index contributed by atoms with van der Waals surface area (Å²) in [6.45, 7) is 5.11. The van der Waals surface area contributed by atoms with Crippen LogP contribution in [0.25, 0.3) is 0 Å². The molecule has 5 nitrogen and oxygen atoms in total. The van der Waals surface area contributed by atoms with E-state index >= 15 is 0 Å². The molecule has 16 heavy (non-hydrogen) atoms. The molecule has 0 radical (unpaired) electrons. The van der Waals surface area contributed by atoms with Crippen LogP contribution in [0.15, 0.2) is 0 Å². The van der Waals surface area contributed by atoms with E-state index in [4.69, 9.17) is 0 Å². The molecule has 0 aliphatic carbocycles. The van der Waals surface area contributed by atoms with Gasteiger partial charge in [0.05, 0.1) is 0 Å². The number of hydrogen-bond donors (Lipinski definition) is 2. The molecular weight excluding hydrogens is 208 g/mol. The predicted molar refractivity (Wildman–Crippen MR) is 62.0 cm³/mol. The van der Waals surface area contributed by atoms with Crippen molar-refractivity contribution in [2.24, 2.45) is 5.92 Å². The van der Waals surface area contributed by atoms with Gasteiger partial charge in [0.2, 0.25) is 11.8 Å². The highest BCUT2D eigenvalue weighted by atomic mass is 16.5. The number of carbonyl (C=O) groups is 2. The molecule has 94 valence electrons. The van der Waals surface area contributed by atoms with Crippen LogP contribution in [0.3, 0.4) is 0 Å². The molecule has 0 spiro atoms. The molecule has 0 saturated carbocycles. The summed E-state index contributed by atoms with van der Waals surface area (Å²) in [4.78, 5) is 22.1. The molecule has 5 heteroatoms. The van der Waals surface area contributed by atoms with E-state index in [1.165, 1.54) is 7.11 Å². The van der Waals surface area contributed by atoms with Gasteiger partial charge in [0, 0.05) is 26.1 Å². The number of carbonyl (C=O) groups excluding carboxylic acids is 2. The highest BCUT2D eigenvalue weighted by Crippen LogP contribution is 1.91. The van der Waals surface area contributed by atoms with Crippen LogP contribution in [0.1, 0.15) is 26.7 Å². The van der Waals surface area contributed by atoms with Crippen LogP contribution in [-0.2, 0) is 14.3 Å². The number of ether oxygens (including phenoxy) is 1. The van der Waals surface area contributed by atoms with Crippen molar-refractivity contribution in [3.05, 3.63) is 0 Å². The fourth-order valence-electron chi connectivity index (χ4n) is 1.08. The Morgan fingerprint density at radius 1 is 1.12 bits per heavy atom. The average Bonchev–Trinajstić information content (AvgIpc) is 2.23. The largest absolute Gasteiger partial charge is 0.375 e. The Labute approximate surface area is 96.9 Å². The smallest absolute Gasteiger partial charge is 0.245 e. The van der Waals surface area contributed by atoms with Crippen molar-refractivity contribution in [1.29, 1.82) is 0 Å². The lowest BCUT2D eigenvalue weighted by Crippen LogP contribution is -2.30. The van der Waals surface area contributed by atoms with Crippen LogP contribution in [-0.4, -0.2) is 38.6 Å². The van der Waals surface area contributed by atoms with Crippen molar-refractivity contribution in [2.75, 3.05) is 26.8 Å². The summed E-state index contributed by atoms with van der Waals surface area (Å²) in [7, 11) is 1.49. The van der Waals surface area contributed by atoms with Crippen LogP contribution in [0.2, 0.25) is 0 Å². The minimum absolute atomic E-state index is 0.0291. The van der Waals surface area contributed by atoms with Crippen molar-refractivity contribution in [1.82, 2.24) is 10.6 Å². The second kappa shape index (κ2) is 9.15. The first-order valence-electron chi connectivity index (χ1n) is 5.61. The van der Waals surface area contributed by atoms with Crippen molar-refractivity contribution in [2.45, 2.75) is 26.7 Å². The summed E-state index contributed by atoms with van der Waals surface area (Å²) in [5.74, 6) is -0.00135. The molecule has 0 aliphatic rings. The van der Waals surface area contributed by atoms with Gasteiger partial charge in [-0.05, 0) is 12.8 Å². The number of unbranched alkanes of at least 4 members (excludes halogenated alkanes) is 1. The predicted octanol–water partition coefficient (Wildman–Crippen LogP) is 0.301. The molecule has 2 amide bonds. The first-order chi connectivity index (χ1) is 7.57. The summed E-state index contributed by atoms with van der Waals surface area (Å²) in [6.07, 6.45) is 1.72.